The lowest BCUT2D eigenvalue weighted by Crippen LogP contribution is -2.45. The largest absolute Gasteiger partial charge is 0.368 e. The summed E-state index contributed by atoms with van der Waals surface area (Å²) in [6.45, 7) is 0. The van der Waals surface area contributed by atoms with E-state index in [9.17, 15) is 19.7 Å². The predicted octanol–water partition coefficient (Wildman–Crippen LogP) is 2.95. The molecule has 0 saturated heterocycles. The van der Waals surface area contributed by atoms with Crippen molar-refractivity contribution >= 4 is 49.4 Å². The molecule has 25 heavy (non-hydrogen) atoms. The van der Waals surface area contributed by atoms with Gasteiger partial charge in [0, 0.05) is 33.1 Å². The molecular formula is C16H13Br2N3O4. The van der Waals surface area contributed by atoms with Gasteiger partial charge in [-0.3, -0.25) is 19.7 Å². The first-order valence-electron chi connectivity index (χ1n) is 7.06. The van der Waals surface area contributed by atoms with Crippen LogP contribution >= 0.6 is 31.9 Å². The lowest BCUT2D eigenvalue weighted by molar-refractivity contribution is -0.384. The van der Waals surface area contributed by atoms with Gasteiger partial charge in [-0.1, -0.05) is 44.0 Å². The predicted molar refractivity (Wildman–Crippen MR) is 99.1 cm³/mol. The van der Waals surface area contributed by atoms with Crippen LogP contribution in [0.25, 0.3) is 0 Å². The maximum atomic E-state index is 12.3. The van der Waals surface area contributed by atoms with Crippen molar-refractivity contribution in [2.24, 2.45) is 5.73 Å². The number of nitrogens with two attached hydrogens (primary N) is 1. The van der Waals surface area contributed by atoms with E-state index in [1.165, 1.54) is 24.3 Å². The first-order valence-corrected chi connectivity index (χ1v) is 8.64. The van der Waals surface area contributed by atoms with Crippen molar-refractivity contribution in [1.29, 1.82) is 0 Å². The Morgan fingerprint density at radius 3 is 2.16 bits per heavy atom. The van der Waals surface area contributed by atoms with Crippen molar-refractivity contribution in [1.82, 2.24) is 5.32 Å². The topological polar surface area (TPSA) is 115 Å². The van der Waals surface area contributed by atoms with Crippen LogP contribution in [0.1, 0.15) is 15.9 Å². The lowest BCUT2D eigenvalue weighted by atomic mass is 10.0. The van der Waals surface area contributed by atoms with E-state index in [0.717, 1.165) is 0 Å². The number of amides is 2. The quantitative estimate of drug-likeness (QED) is 0.498. The number of primary amides is 1. The average Bonchev–Trinajstić information content (AvgIpc) is 2.53. The molecule has 0 aliphatic rings. The first kappa shape index (κ1) is 19.1. The molecule has 0 aliphatic heterocycles. The van der Waals surface area contributed by atoms with Gasteiger partial charge >= 0.3 is 0 Å². The molecule has 0 bridgehead atoms. The van der Waals surface area contributed by atoms with E-state index in [1.54, 1.807) is 18.2 Å². The summed E-state index contributed by atoms with van der Waals surface area (Å²) in [4.78, 5) is 34.2. The summed E-state index contributed by atoms with van der Waals surface area (Å²) in [5.74, 6) is -1.14. The highest BCUT2D eigenvalue weighted by atomic mass is 79.9. The molecule has 0 saturated carbocycles. The van der Waals surface area contributed by atoms with Crippen LogP contribution in [0.2, 0.25) is 0 Å². The summed E-state index contributed by atoms with van der Waals surface area (Å²) in [5, 5.41) is 13.3. The van der Waals surface area contributed by atoms with Crippen molar-refractivity contribution < 1.29 is 14.5 Å². The van der Waals surface area contributed by atoms with Crippen molar-refractivity contribution in [3.8, 4) is 0 Å². The number of hydrogen-bond acceptors (Lipinski definition) is 4. The Balaban J connectivity index is 2.13. The fourth-order valence-electron chi connectivity index (χ4n) is 2.14. The van der Waals surface area contributed by atoms with Gasteiger partial charge in [0.25, 0.3) is 11.6 Å². The molecule has 3 N–H and O–H groups in total. The maximum Gasteiger partial charge on any atom is 0.269 e. The minimum Gasteiger partial charge on any atom is -0.368 e. The number of hydrogen-bond donors (Lipinski definition) is 2. The van der Waals surface area contributed by atoms with E-state index in [0.29, 0.717) is 20.1 Å². The van der Waals surface area contributed by atoms with Gasteiger partial charge in [-0.2, -0.15) is 0 Å². The van der Waals surface area contributed by atoms with Crippen LogP contribution in [0.5, 0.6) is 0 Å². The second-order valence-electron chi connectivity index (χ2n) is 5.21. The molecule has 0 aliphatic carbocycles. The van der Waals surface area contributed by atoms with Crippen LogP contribution in [-0.4, -0.2) is 22.8 Å². The number of nitro groups is 1. The number of carbonyl (C=O) groups excluding carboxylic acids is 2. The standard InChI is InChI=1S/C16H13Br2N3O4/c17-11-6-10(7-12(18)8-11)16(23)20-14(15(19)22)5-9-1-3-13(4-2-9)21(24)25/h1-4,6-8,14H,5H2,(H2,19,22)(H,20,23)/t14-/m0/s1. The van der Waals surface area contributed by atoms with Gasteiger partial charge in [0.15, 0.2) is 0 Å². The Hall–Kier alpha value is -2.26. The Labute approximate surface area is 160 Å². The number of nitro benzene ring substituents is 1. The van der Waals surface area contributed by atoms with Crippen molar-refractivity contribution in [3.05, 3.63) is 72.7 Å². The molecule has 2 amide bonds. The Bertz CT molecular complexity index is 804. The van der Waals surface area contributed by atoms with Crippen molar-refractivity contribution in [2.75, 3.05) is 0 Å². The van der Waals surface area contributed by atoms with Gasteiger partial charge in [0.1, 0.15) is 6.04 Å². The van der Waals surface area contributed by atoms with Gasteiger partial charge in [0.05, 0.1) is 4.92 Å². The number of nitrogens with one attached hydrogen (secondary N) is 1. The first-order chi connectivity index (χ1) is 11.8. The maximum absolute atomic E-state index is 12.3. The third kappa shape index (κ3) is 5.36. The molecule has 0 unspecified atom stereocenters. The van der Waals surface area contributed by atoms with E-state index in [-0.39, 0.29) is 12.1 Å². The number of nitrogens with zero attached hydrogens (tertiary/aromatic N) is 1. The molecule has 0 spiro atoms. The number of carbonyl (C=O) groups is 2. The van der Waals surface area contributed by atoms with Crippen LogP contribution in [0, 0.1) is 10.1 Å². The number of benzene rings is 2. The fraction of sp³-hybridized carbons (Fsp3) is 0.125. The molecular weight excluding hydrogens is 458 g/mol. The lowest BCUT2D eigenvalue weighted by Gasteiger charge is -2.16. The summed E-state index contributed by atoms with van der Waals surface area (Å²) < 4.78 is 1.41. The minimum absolute atomic E-state index is 0.0533. The monoisotopic (exact) mass is 469 g/mol. The Kier molecular flexibility index (Phi) is 6.27. The smallest absolute Gasteiger partial charge is 0.269 e. The molecule has 0 heterocycles. The Morgan fingerprint density at radius 1 is 1.12 bits per heavy atom. The fourth-order valence-corrected chi connectivity index (χ4v) is 3.43. The molecule has 7 nitrogen and oxygen atoms in total. The molecule has 2 aromatic carbocycles. The van der Waals surface area contributed by atoms with E-state index < -0.39 is 22.8 Å². The zero-order valence-electron chi connectivity index (χ0n) is 12.7. The summed E-state index contributed by atoms with van der Waals surface area (Å²) in [6, 6.07) is 9.78. The Morgan fingerprint density at radius 2 is 1.68 bits per heavy atom. The molecule has 0 fully saturated rings. The number of halogens is 2. The van der Waals surface area contributed by atoms with Crippen LogP contribution < -0.4 is 11.1 Å². The molecule has 9 heteroatoms. The number of rotatable bonds is 6. The minimum atomic E-state index is -0.938. The van der Waals surface area contributed by atoms with Gasteiger partial charge in [-0.05, 0) is 23.8 Å². The summed E-state index contributed by atoms with van der Waals surface area (Å²) in [5.41, 5.74) is 6.32. The SMILES string of the molecule is NC(=O)[C@H](Cc1ccc([N+](=O)[O-])cc1)NC(=O)c1cc(Br)cc(Br)c1. The van der Waals surface area contributed by atoms with Crippen LogP contribution in [-0.2, 0) is 11.2 Å². The van der Waals surface area contributed by atoms with Crippen molar-refractivity contribution in [2.45, 2.75) is 12.5 Å². The molecule has 0 aromatic heterocycles. The van der Waals surface area contributed by atoms with Crippen LogP contribution in [0.15, 0.2) is 51.4 Å². The summed E-state index contributed by atoms with van der Waals surface area (Å²) >= 11 is 6.58. The molecule has 130 valence electrons. The average molecular weight is 471 g/mol. The van der Waals surface area contributed by atoms with Gasteiger partial charge < -0.3 is 11.1 Å². The highest BCUT2D eigenvalue weighted by molar-refractivity contribution is 9.11. The van der Waals surface area contributed by atoms with Gasteiger partial charge in [-0.15, -0.1) is 0 Å². The van der Waals surface area contributed by atoms with Crippen molar-refractivity contribution in [3.63, 3.8) is 0 Å². The summed E-state index contributed by atoms with van der Waals surface area (Å²) in [6.07, 6.45) is 0.133. The normalized spacial score (nSPS) is 11.6. The molecule has 2 rings (SSSR count). The molecule has 0 radical (unpaired) electrons. The van der Waals surface area contributed by atoms with E-state index in [1.807, 2.05) is 0 Å². The van der Waals surface area contributed by atoms with Gasteiger partial charge in [0.2, 0.25) is 5.91 Å². The number of non-ortho nitro benzene ring substituents is 1. The van der Waals surface area contributed by atoms with Gasteiger partial charge in [-0.25, -0.2) is 0 Å². The highest BCUT2D eigenvalue weighted by Crippen LogP contribution is 2.20. The summed E-state index contributed by atoms with van der Waals surface area (Å²) in [7, 11) is 0. The van der Waals surface area contributed by atoms with Crippen LogP contribution in [0.4, 0.5) is 5.69 Å². The molecule has 1 atom stereocenters. The second-order valence-corrected chi connectivity index (χ2v) is 7.05. The zero-order valence-corrected chi connectivity index (χ0v) is 15.9. The zero-order chi connectivity index (χ0) is 18.6. The molecule has 2 aromatic rings. The van der Waals surface area contributed by atoms with E-state index in [2.05, 4.69) is 37.2 Å². The highest BCUT2D eigenvalue weighted by Gasteiger charge is 2.20. The van der Waals surface area contributed by atoms with E-state index in [4.69, 9.17) is 5.73 Å². The third-order valence-electron chi connectivity index (χ3n) is 3.36. The van der Waals surface area contributed by atoms with E-state index >= 15 is 0 Å². The van der Waals surface area contributed by atoms with Crippen LogP contribution in [0.3, 0.4) is 0 Å². The second kappa shape index (κ2) is 8.21. The third-order valence-corrected chi connectivity index (χ3v) is 4.28.